The van der Waals surface area contributed by atoms with Gasteiger partial charge in [-0.05, 0) is 77.4 Å². The summed E-state index contributed by atoms with van der Waals surface area (Å²) in [5.41, 5.74) is 3.31. The first-order chi connectivity index (χ1) is 21.6. The van der Waals surface area contributed by atoms with Crippen LogP contribution < -0.4 is 19.5 Å². The number of methoxy groups -OCH3 is 1. The van der Waals surface area contributed by atoms with Crippen LogP contribution in [0, 0.1) is 0 Å². The van der Waals surface area contributed by atoms with Crippen molar-refractivity contribution < 1.29 is 28.5 Å². The third-order valence-corrected chi connectivity index (χ3v) is 6.83. The molecule has 44 heavy (non-hydrogen) atoms. The molecule has 0 bridgehead atoms. The van der Waals surface area contributed by atoms with Crippen LogP contribution in [-0.4, -0.2) is 25.0 Å². The lowest BCUT2D eigenvalue weighted by Crippen LogP contribution is -2.43. The van der Waals surface area contributed by atoms with Gasteiger partial charge in [-0.25, -0.2) is 4.79 Å². The first-order valence-corrected chi connectivity index (χ1v) is 14.2. The molecule has 0 spiro atoms. The number of hydrogen-bond acceptors (Lipinski definition) is 6. The smallest absolute Gasteiger partial charge is 0.328 e. The molecule has 1 atom stereocenters. The molecule has 0 saturated carbocycles. The Bertz CT molecular complexity index is 1620. The molecule has 1 N–H and O–H groups in total. The van der Waals surface area contributed by atoms with Crippen LogP contribution in [0.2, 0.25) is 0 Å². The number of rotatable bonds is 13. The average Bonchev–Trinajstić information content (AvgIpc) is 3.08. The number of esters is 1. The van der Waals surface area contributed by atoms with E-state index in [-0.39, 0.29) is 12.3 Å². The summed E-state index contributed by atoms with van der Waals surface area (Å²) in [6.07, 6.45) is 0.272. The minimum atomic E-state index is -0.853. The van der Waals surface area contributed by atoms with E-state index in [1.54, 1.807) is 24.3 Å². The van der Waals surface area contributed by atoms with Crippen LogP contribution in [0.3, 0.4) is 0 Å². The van der Waals surface area contributed by atoms with Crippen LogP contribution in [0.15, 0.2) is 133 Å². The SMILES string of the molecule is COC(=O)[C@H](Cc1ccc(OCc2ccccc2)cc1)NC(=O)c1ccc(OCc2ccc(Oc3ccccc3)cc2)cc1. The Morgan fingerprint density at radius 2 is 1.05 bits per heavy atom. The summed E-state index contributed by atoms with van der Waals surface area (Å²) in [5, 5.41) is 2.80. The van der Waals surface area contributed by atoms with Gasteiger partial charge in [0.1, 0.15) is 42.3 Å². The van der Waals surface area contributed by atoms with Crippen molar-refractivity contribution >= 4 is 11.9 Å². The number of amides is 1. The van der Waals surface area contributed by atoms with Gasteiger partial charge in [0.15, 0.2) is 0 Å². The van der Waals surface area contributed by atoms with Crippen LogP contribution in [0.25, 0.3) is 0 Å². The zero-order valence-electron chi connectivity index (χ0n) is 24.3. The minimum absolute atomic E-state index is 0.272. The lowest BCUT2D eigenvalue weighted by atomic mass is 10.0. The highest BCUT2D eigenvalue weighted by molar-refractivity contribution is 5.97. The van der Waals surface area contributed by atoms with Crippen molar-refractivity contribution in [3.63, 3.8) is 0 Å². The van der Waals surface area contributed by atoms with Crippen LogP contribution in [-0.2, 0) is 29.2 Å². The lowest BCUT2D eigenvalue weighted by molar-refractivity contribution is -0.142. The number of hydrogen-bond donors (Lipinski definition) is 1. The standard InChI is InChI=1S/C37H33NO6/c1-41-37(40)35(24-27-12-18-31(19-13-27)42-25-28-8-4-2-5-9-28)38-36(39)30-16-22-32(23-17-30)43-26-29-14-20-34(21-15-29)44-33-10-6-3-7-11-33/h2-23,35H,24-26H2,1H3,(H,38,39)/t35-/m0/s1. The monoisotopic (exact) mass is 587 g/mol. The van der Waals surface area contributed by atoms with E-state index in [4.69, 9.17) is 18.9 Å². The van der Waals surface area contributed by atoms with Gasteiger partial charge in [-0.2, -0.15) is 0 Å². The molecule has 0 aliphatic carbocycles. The molecule has 0 aliphatic heterocycles. The number of carbonyl (C=O) groups excluding carboxylic acids is 2. The Hall–Kier alpha value is -5.56. The number of nitrogens with one attached hydrogen (secondary N) is 1. The fourth-order valence-electron chi connectivity index (χ4n) is 4.42. The summed E-state index contributed by atoms with van der Waals surface area (Å²) in [6, 6.07) is 40.5. The topological polar surface area (TPSA) is 83.1 Å². The van der Waals surface area contributed by atoms with Crippen LogP contribution in [0.1, 0.15) is 27.0 Å². The summed E-state index contributed by atoms with van der Waals surface area (Å²) in [4.78, 5) is 25.5. The summed E-state index contributed by atoms with van der Waals surface area (Å²) < 4.78 is 22.5. The Morgan fingerprint density at radius 3 is 1.64 bits per heavy atom. The molecule has 1 amide bonds. The zero-order chi connectivity index (χ0) is 30.6. The van der Waals surface area contributed by atoms with E-state index < -0.39 is 12.0 Å². The highest BCUT2D eigenvalue weighted by Crippen LogP contribution is 2.22. The molecule has 7 nitrogen and oxygen atoms in total. The maximum absolute atomic E-state index is 13.0. The molecule has 0 unspecified atom stereocenters. The quantitative estimate of drug-likeness (QED) is 0.147. The molecule has 0 heterocycles. The molecule has 0 fully saturated rings. The van der Waals surface area contributed by atoms with Gasteiger partial charge in [0.2, 0.25) is 0 Å². The van der Waals surface area contributed by atoms with Crippen LogP contribution in [0.5, 0.6) is 23.0 Å². The Balaban J connectivity index is 1.12. The molecule has 5 rings (SSSR count). The van der Waals surface area contributed by atoms with E-state index in [1.165, 1.54) is 7.11 Å². The second kappa shape index (κ2) is 15.1. The van der Waals surface area contributed by atoms with Gasteiger partial charge >= 0.3 is 5.97 Å². The predicted octanol–water partition coefficient (Wildman–Crippen LogP) is 7.15. The van der Waals surface area contributed by atoms with Gasteiger partial charge in [0, 0.05) is 12.0 Å². The molecule has 7 heteroatoms. The van der Waals surface area contributed by atoms with Crippen LogP contribution >= 0.6 is 0 Å². The fourth-order valence-corrected chi connectivity index (χ4v) is 4.42. The highest BCUT2D eigenvalue weighted by Gasteiger charge is 2.23. The second-order valence-electron chi connectivity index (χ2n) is 10.0. The third-order valence-electron chi connectivity index (χ3n) is 6.83. The summed E-state index contributed by atoms with van der Waals surface area (Å²) in [5.74, 6) is 1.94. The van der Waals surface area contributed by atoms with Gasteiger partial charge in [0.05, 0.1) is 7.11 Å². The van der Waals surface area contributed by atoms with E-state index in [9.17, 15) is 9.59 Å². The Kier molecular flexibility index (Phi) is 10.2. The summed E-state index contributed by atoms with van der Waals surface area (Å²) in [6.45, 7) is 0.820. The Labute approximate surface area is 257 Å². The van der Waals surface area contributed by atoms with Gasteiger partial charge in [-0.15, -0.1) is 0 Å². The molecule has 0 radical (unpaired) electrons. The van der Waals surface area contributed by atoms with Gasteiger partial charge in [-0.1, -0.05) is 72.8 Å². The van der Waals surface area contributed by atoms with Crippen molar-refractivity contribution in [1.29, 1.82) is 0 Å². The third kappa shape index (κ3) is 8.72. The van der Waals surface area contributed by atoms with Crippen molar-refractivity contribution in [3.05, 3.63) is 156 Å². The summed E-state index contributed by atoms with van der Waals surface area (Å²) in [7, 11) is 1.30. The average molecular weight is 588 g/mol. The lowest BCUT2D eigenvalue weighted by Gasteiger charge is -2.17. The molecular weight excluding hydrogens is 554 g/mol. The highest BCUT2D eigenvalue weighted by atomic mass is 16.5. The van der Waals surface area contributed by atoms with Crippen molar-refractivity contribution in [2.24, 2.45) is 0 Å². The molecule has 222 valence electrons. The normalized spacial score (nSPS) is 11.2. The minimum Gasteiger partial charge on any atom is -0.489 e. The van der Waals surface area contributed by atoms with E-state index >= 15 is 0 Å². The van der Waals surface area contributed by atoms with Gasteiger partial charge in [0.25, 0.3) is 5.91 Å². The maximum atomic E-state index is 13.0. The second-order valence-corrected chi connectivity index (χ2v) is 10.0. The first-order valence-electron chi connectivity index (χ1n) is 14.2. The molecule has 0 aromatic heterocycles. The van der Waals surface area contributed by atoms with Crippen molar-refractivity contribution in [1.82, 2.24) is 5.32 Å². The molecular formula is C37H33NO6. The zero-order valence-corrected chi connectivity index (χ0v) is 24.3. The number of ether oxygens (including phenoxy) is 4. The first kappa shape index (κ1) is 29.9. The van der Waals surface area contributed by atoms with E-state index in [0.29, 0.717) is 30.3 Å². The number of benzene rings is 5. The number of carbonyl (C=O) groups is 2. The summed E-state index contributed by atoms with van der Waals surface area (Å²) >= 11 is 0. The maximum Gasteiger partial charge on any atom is 0.328 e. The van der Waals surface area contributed by atoms with E-state index in [2.05, 4.69) is 5.32 Å². The number of para-hydroxylation sites is 1. The molecule has 0 saturated heterocycles. The largest absolute Gasteiger partial charge is 0.489 e. The van der Waals surface area contributed by atoms with Gasteiger partial charge in [-0.3, -0.25) is 4.79 Å². The molecule has 0 aliphatic rings. The van der Waals surface area contributed by atoms with Crippen molar-refractivity contribution in [2.75, 3.05) is 7.11 Å². The van der Waals surface area contributed by atoms with Crippen molar-refractivity contribution in [2.45, 2.75) is 25.7 Å². The van der Waals surface area contributed by atoms with E-state index in [1.807, 2.05) is 109 Å². The Morgan fingerprint density at radius 1 is 0.568 bits per heavy atom. The predicted molar refractivity (Wildman–Crippen MR) is 168 cm³/mol. The van der Waals surface area contributed by atoms with Gasteiger partial charge < -0.3 is 24.3 Å². The van der Waals surface area contributed by atoms with Crippen LogP contribution in [0.4, 0.5) is 0 Å². The fraction of sp³-hybridized carbons (Fsp3) is 0.135. The van der Waals surface area contributed by atoms with Crippen molar-refractivity contribution in [3.8, 4) is 23.0 Å². The molecule has 5 aromatic rings. The molecule has 5 aromatic carbocycles. The van der Waals surface area contributed by atoms with E-state index in [0.717, 1.165) is 28.2 Å².